The summed E-state index contributed by atoms with van der Waals surface area (Å²) in [5.41, 5.74) is 5.47. The minimum Gasteiger partial charge on any atom is -0.451 e. The molecular formula is C27H20FN3O3S. The van der Waals surface area contributed by atoms with E-state index in [1.54, 1.807) is 42.5 Å². The summed E-state index contributed by atoms with van der Waals surface area (Å²) >= 11 is 5.29. The number of oxazole rings is 1. The number of nitrogens with zero attached hydrogens (tertiary/aromatic N) is 1. The van der Waals surface area contributed by atoms with Crippen molar-refractivity contribution in [3.63, 3.8) is 0 Å². The number of benzene rings is 3. The van der Waals surface area contributed by atoms with Crippen molar-refractivity contribution < 1.29 is 18.0 Å². The third kappa shape index (κ3) is 4.83. The first-order valence-corrected chi connectivity index (χ1v) is 11.2. The molecule has 6 nitrogen and oxygen atoms in total. The summed E-state index contributed by atoms with van der Waals surface area (Å²) in [6, 6.07) is 20.6. The van der Waals surface area contributed by atoms with Crippen molar-refractivity contribution in [2.45, 2.75) is 13.8 Å². The summed E-state index contributed by atoms with van der Waals surface area (Å²) in [5, 5.41) is 5.68. The van der Waals surface area contributed by atoms with Gasteiger partial charge in [0.2, 0.25) is 5.89 Å². The number of carbonyl (C=O) groups is 1. The summed E-state index contributed by atoms with van der Waals surface area (Å²) in [6.45, 7) is 4.07. The highest BCUT2D eigenvalue weighted by atomic mass is 32.1. The zero-order chi connectivity index (χ0) is 24.5. The number of amides is 1. The molecule has 0 aliphatic rings. The van der Waals surface area contributed by atoms with E-state index in [2.05, 4.69) is 15.6 Å². The van der Waals surface area contributed by atoms with Crippen LogP contribution in [0, 0.1) is 19.7 Å². The fourth-order valence-corrected chi connectivity index (χ4v) is 3.80. The molecule has 5 rings (SSSR count). The van der Waals surface area contributed by atoms with Crippen molar-refractivity contribution in [2.24, 2.45) is 0 Å². The monoisotopic (exact) mass is 485 g/mol. The Hall–Kier alpha value is -4.30. The van der Waals surface area contributed by atoms with Crippen molar-refractivity contribution in [1.82, 2.24) is 10.3 Å². The van der Waals surface area contributed by atoms with Crippen LogP contribution in [0.4, 0.5) is 10.1 Å². The average molecular weight is 486 g/mol. The first-order valence-electron chi connectivity index (χ1n) is 10.8. The van der Waals surface area contributed by atoms with Gasteiger partial charge in [0.1, 0.15) is 17.1 Å². The van der Waals surface area contributed by atoms with Gasteiger partial charge in [0.25, 0.3) is 5.91 Å². The Morgan fingerprint density at radius 2 is 1.77 bits per heavy atom. The van der Waals surface area contributed by atoms with E-state index >= 15 is 0 Å². The molecular weight excluding hydrogens is 465 g/mol. The Bertz CT molecular complexity index is 1590. The van der Waals surface area contributed by atoms with Crippen LogP contribution in [-0.2, 0) is 0 Å². The molecule has 0 radical (unpaired) electrons. The summed E-state index contributed by atoms with van der Waals surface area (Å²) < 4.78 is 25.0. The number of aromatic nitrogens is 1. The Morgan fingerprint density at radius 1 is 0.914 bits per heavy atom. The van der Waals surface area contributed by atoms with Gasteiger partial charge in [0.15, 0.2) is 16.5 Å². The first-order chi connectivity index (χ1) is 16.9. The molecule has 0 spiro atoms. The number of nitrogens with one attached hydrogen (secondary N) is 2. The van der Waals surface area contributed by atoms with Crippen molar-refractivity contribution in [2.75, 3.05) is 5.32 Å². The molecule has 2 heterocycles. The molecule has 0 unspecified atom stereocenters. The topological polar surface area (TPSA) is 80.3 Å². The Balaban J connectivity index is 1.26. The zero-order valence-corrected chi connectivity index (χ0v) is 19.7. The number of anilines is 1. The quantitative estimate of drug-likeness (QED) is 0.278. The fraction of sp³-hybridized carbons (Fsp3) is 0.0741. The molecule has 2 N–H and O–H groups in total. The molecule has 0 atom stereocenters. The van der Waals surface area contributed by atoms with Crippen LogP contribution in [0.3, 0.4) is 0 Å². The molecule has 0 bridgehead atoms. The third-order valence-corrected chi connectivity index (χ3v) is 5.77. The molecule has 1 amide bonds. The number of hydrogen-bond donors (Lipinski definition) is 2. The van der Waals surface area contributed by atoms with Crippen LogP contribution in [0.2, 0.25) is 0 Å². The van der Waals surface area contributed by atoms with Crippen LogP contribution in [0.15, 0.2) is 81.6 Å². The fourth-order valence-electron chi connectivity index (χ4n) is 3.59. The molecule has 3 aromatic carbocycles. The first kappa shape index (κ1) is 22.5. The standard InChI is InChI=1S/C27H20FN3O3S/c1-15-6-7-17(12-16(15)2)22-10-11-24(33-22)25(32)31-27(35)29-20-8-9-23-21(14-20)30-26(34-23)18-4-3-5-19(28)13-18/h3-14H,1-2H3,(H2,29,31,32,35). The number of aryl methyl sites for hydroxylation is 2. The second-order valence-corrected chi connectivity index (χ2v) is 8.49. The molecule has 5 aromatic rings. The lowest BCUT2D eigenvalue weighted by Crippen LogP contribution is -2.33. The van der Waals surface area contributed by atoms with E-state index in [4.69, 9.17) is 21.1 Å². The minimum atomic E-state index is -0.464. The van der Waals surface area contributed by atoms with Crippen molar-refractivity contribution in [3.05, 3.63) is 95.5 Å². The second-order valence-electron chi connectivity index (χ2n) is 8.08. The van der Waals surface area contributed by atoms with Crippen LogP contribution in [0.5, 0.6) is 0 Å². The van der Waals surface area contributed by atoms with Gasteiger partial charge in [-0.05, 0) is 91.8 Å². The number of fused-ring (bicyclic) bond motifs is 1. The maximum absolute atomic E-state index is 13.5. The van der Waals surface area contributed by atoms with Crippen molar-refractivity contribution >= 4 is 40.0 Å². The van der Waals surface area contributed by atoms with E-state index < -0.39 is 5.91 Å². The predicted molar refractivity (Wildman–Crippen MR) is 137 cm³/mol. The van der Waals surface area contributed by atoms with Crippen LogP contribution < -0.4 is 10.6 Å². The number of furan rings is 1. The highest BCUT2D eigenvalue weighted by molar-refractivity contribution is 7.80. The molecule has 0 saturated heterocycles. The molecule has 0 aliphatic carbocycles. The smallest absolute Gasteiger partial charge is 0.293 e. The highest BCUT2D eigenvalue weighted by Gasteiger charge is 2.15. The summed E-state index contributed by atoms with van der Waals surface area (Å²) in [6.07, 6.45) is 0. The second kappa shape index (κ2) is 9.15. The predicted octanol–water partition coefficient (Wildman–Crippen LogP) is 6.64. The Morgan fingerprint density at radius 3 is 2.57 bits per heavy atom. The lowest BCUT2D eigenvalue weighted by molar-refractivity contribution is 0.0951. The molecule has 8 heteroatoms. The van der Waals surface area contributed by atoms with Gasteiger partial charge in [-0.2, -0.15) is 0 Å². The van der Waals surface area contributed by atoms with Crippen LogP contribution in [-0.4, -0.2) is 16.0 Å². The molecule has 0 saturated carbocycles. The van der Waals surface area contributed by atoms with E-state index in [9.17, 15) is 9.18 Å². The number of hydrogen-bond acceptors (Lipinski definition) is 5. The summed E-state index contributed by atoms with van der Waals surface area (Å²) in [7, 11) is 0. The van der Waals surface area contributed by atoms with E-state index in [1.165, 1.54) is 17.7 Å². The molecule has 0 fully saturated rings. The van der Waals surface area contributed by atoms with Gasteiger partial charge in [-0.25, -0.2) is 9.37 Å². The Kier molecular flexibility index (Phi) is 5.88. The van der Waals surface area contributed by atoms with Gasteiger partial charge in [0.05, 0.1) is 0 Å². The SMILES string of the molecule is Cc1ccc(-c2ccc(C(=O)NC(=S)Nc3ccc4oc(-c5cccc(F)c5)nc4c3)o2)cc1C. The van der Waals surface area contributed by atoms with Gasteiger partial charge in [-0.3, -0.25) is 10.1 Å². The minimum absolute atomic E-state index is 0.104. The maximum Gasteiger partial charge on any atom is 0.293 e. The van der Waals surface area contributed by atoms with E-state index in [0.717, 1.165) is 11.1 Å². The van der Waals surface area contributed by atoms with Gasteiger partial charge < -0.3 is 14.2 Å². The summed E-state index contributed by atoms with van der Waals surface area (Å²) in [4.78, 5) is 17.0. The normalized spacial score (nSPS) is 10.9. The molecule has 174 valence electrons. The molecule has 2 aromatic heterocycles. The van der Waals surface area contributed by atoms with Gasteiger partial charge >= 0.3 is 0 Å². The van der Waals surface area contributed by atoms with Crippen LogP contribution in [0.1, 0.15) is 21.7 Å². The van der Waals surface area contributed by atoms with Gasteiger partial charge in [-0.15, -0.1) is 0 Å². The van der Waals surface area contributed by atoms with Crippen molar-refractivity contribution in [3.8, 4) is 22.8 Å². The number of carbonyl (C=O) groups excluding carboxylic acids is 1. The number of thiocarbonyl (C=S) groups is 1. The molecule has 0 aliphatic heterocycles. The average Bonchev–Trinajstić information content (AvgIpc) is 3.48. The Labute approximate surface area is 205 Å². The lowest BCUT2D eigenvalue weighted by atomic mass is 10.1. The van der Waals surface area contributed by atoms with E-state index in [0.29, 0.717) is 34.0 Å². The zero-order valence-electron chi connectivity index (χ0n) is 18.9. The van der Waals surface area contributed by atoms with Crippen LogP contribution >= 0.6 is 12.2 Å². The maximum atomic E-state index is 13.5. The van der Waals surface area contributed by atoms with E-state index in [1.807, 2.05) is 32.0 Å². The van der Waals surface area contributed by atoms with Crippen molar-refractivity contribution in [1.29, 1.82) is 0 Å². The lowest BCUT2D eigenvalue weighted by Gasteiger charge is -2.08. The third-order valence-electron chi connectivity index (χ3n) is 5.57. The largest absolute Gasteiger partial charge is 0.451 e. The summed E-state index contributed by atoms with van der Waals surface area (Å²) in [5.74, 6) is 0.223. The van der Waals surface area contributed by atoms with E-state index in [-0.39, 0.29) is 16.7 Å². The highest BCUT2D eigenvalue weighted by Crippen LogP contribution is 2.27. The van der Waals surface area contributed by atoms with Crippen LogP contribution in [0.25, 0.3) is 33.9 Å². The van der Waals surface area contributed by atoms with Gasteiger partial charge in [0, 0.05) is 16.8 Å². The molecule has 35 heavy (non-hydrogen) atoms. The number of halogens is 1. The van der Waals surface area contributed by atoms with Gasteiger partial charge in [-0.1, -0.05) is 18.2 Å². The number of rotatable bonds is 4.